The molecule has 2 aliphatic heterocycles. The second-order valence-electron chi connectivity index (χ2n) is 8.97. The normalized spacial score (nSPS) is 22.2. The summed E-state index contributed by atoms with van der Waals surface area (Å²) >= 11 is 0. The number of hydrogen-bond acceptors (Lipinski definition) is 6. The van der Waals surface area contributed by atoms with Crippen LogP contribution in [0, 0.1) is 17.9 Å². The van der Waals surface area contributed by atoms with Crippen LogP contribution in [0.15, 0.2) is 36.5 Å². The molecule has 8 nitrogen and oxygen atoms in total. The van der Waals surface area contributed by atoms with Crippen LogP contribution < -0.4 is 4.74 Å². The molecule has 2 aliphatic rings. The van der Waals surface area contributed by atoms with Crippen molar-refractivity contribution in [2.45, 2.75) is 43.6 Å². The van der Waals surface area contributed by atoms with Gasteiger partial charge in [-0.25, -0.2) is 9.83 Å². The van der Waals surface area contributed by atoms with Gasteiger partial charge < -0.3 is 19.7 Å². The Balaban J connectivity index is 1.51. The molecule has 2 atom stereocenters. The summed E-state index contributed by atoms with van der Waals surface area (Å²) in [6.45, 7) is 8.93. The monoisotopic (exact) mass is 496 g/mol. The lowest BCUT2D eigenvalue weighted by Crippen LogP contribution is -2.25. The van der Waals surface area contributed by atoms with Crippen molar-refractivity contribution in [3.8, 4) is 29.4 Å². The summed E-state index contributed by atoms with van der Waals surface area (Å²) in [5.41, 5.74) is -2.81. The lowest BCUT2D eigenvalue weighted by Gasteiger charge is -2.26. The number of ether oxygens (including phenoxy) is 2. The van der Waals surface area contributed by atoms with Crippen LogP contribution in [0.2, 0.25) is 0 Å². The van der Waals surface area contributed by atoms with E-state index in [9.17, 15) is 23.4 Å². The Labute approximate surface area is 203 Å². The summed E-state index contributed by atoms with van der Waals surface area (Å²) in [5.74, 6) is -0.537. The van der Waals surface area contributed by atoms with Crippen LogP contribution in [0.25, 0.3) is 10.5 Å². The van der Waals surface area contributed by atoms with Crippen molar-refractivity contribution in [2.24, 2.45) is 0 Å². The first-order valence-corrected chi connectivity index (χ1v) is 11.0. The van der Waals surface area contributed by atoms with E-state index in [-0.39, 0.29) is 18.7 Å². The number of halogens is 3. The number of nitrogens with zero attached hydrogens (tertiary/aromatic N) is 4. The van der Waals surface area contributed by atoms with Gasteiger partial charge in [-0.1, -0.05) is 6.07 Å². The van der Waals surface area contributed by atoms with Gasteiger partial charge in [0.05, 0.1) is 46.7 Å². The Morgan fingerprint density at radius 2 is 1.97 bits per heavy atom. The van der Waals surface area contributed by atoms with Crippen LogP contribution in [0.5, 0.6) is 17.6 Å². The van der Waals surface area contributed by atoms with Crippen LogP contribution in [-0.2, 0) is 22.1 Å². The predicted molar refractivity (Wildman–Crippen MR) is 119 cm³/mol. The number of rotatable bonds is 5. The van der Waals surface area contributed by atoms with Gasteiger partial charge in [0.15, 0.2) is 5.69 Å². The van der Waals surface area contributed by atoms with Gasteiger partial charge >= 0.3 is 6.18 Å². The zero-order valence-electron chi connectivity index (χ0n) is 18.9. The molecule has 0 aliphatic carbocycles. The number of aromatic nitrogens is 2. The van der Waals surface area contributed by atoms with Crippen molar-refractivity contribution in [1.82, 2.24) is 9.55 Å². The first-order valence-electron chi connectivity index (χ1n) is 11.0. The summed E-state index contributed by atoms with van der Waals surface area (Å²) in [7, 11) is 0. The molecule has 1 saturated heterocycles. The zero-order chi connectivity index (χ0) is 25.9. The molecule has 2 N–H and O–H groups in total. The van der Waals surface area contributed by atoms with Crippen molar-refractivity contribution in [3.05, 3.63) is 70.2 Å². The van der Waals surface area contributed by atoms with E-state index in [1.807, 2.05) is 6.07 Å². The number of hydrogen-bond donors (Lipinski definition) is 2. The van der Waals surface area contributed by atoms with E-state index < -0.39 is 40.4 Å². The van der Waals surface area contributed by atoms with Crippen LogP contribution in [0.4, 0.5) is 18.9 Å². The van der Waals surface area contributed by atoms with Gasteiger partial charge in [-0.3, -0.25) is 4.57 Å². The van der Waals surface area contributed by atoms with E-state index in [2.05, 4.69) is 9.83 Å². The van der Waals surface area contributed by atoms with E-state index in [0.717, 1.165) is 16.7 Å². The smallest absolute Gasteiger partial charge is 0.407 e. The molecule has 0 spiro atoms. The minimum absolute atomic E-state index is 0.129. The maximum atomic E-state index is 13.5. The molecule has 2 bridgehead atoms. The molecule has 5 rings (SSSR count). The van der Waals surface area contributed by atoms with Gasteiger partial charge in [0, 0.05) is 18.7 Å². The van der Waals surface area contributed by atoms with Crippen LogP contribution in [-0.4, -0.2) is 26.4 Å². The summed E-state index contributed by atoms with van der Waals surface area (Å²) in [4.78, 5) is 6.99. The van der Waals surface area contributed by atoms with Gasteiger partial charge in [-0.05, 0) is 38.0 Å². The molecule has 2 aromatic heterocycles. The molecule has 3 aromatic rings. The van der Waals surface area contributed by atoms with Crippen LogP contribution in [0.3, 0.4) is 0 Å². The number of nitriles is 1. The number of alkyl halides is 3. The van der Waals surface area contributed by atoms with E-state index in [1.54, 1.807) is 19.1 Å². The maximum Gasteiger partial charge on any atom is 0.407 e. The Morgan fingerprint density at radius 1 is 1.22 bits per heavy atom. The molecular weight excluding hydrogens is 477 g/mol. The highest BCUT2D eigenvalue weighted by molar-refractivity contribution is 5.64. The van der Waals surface area contributed by atoms with E-state index >= 15 is 0 Å². The van der Waals surface area contributed by atoms with E-state index in [4.69, 9.17) is 21.3 Å². The third-order valence-corrected chi connectivity index (χ3v) is 6.82. The zero-order valence-corrected chi connectivity index (χ0v) is 18.9. The van der Waals surface area contributed by atoms with Crippen LogP contribution >= 0.6 is 0 Å². The summed E-state index contributed by atoms with van der Waals surface area (Å²) < 4.78 is 53.6. The van der Waals surface area contributed by atoms with Crippen LogP contribution in [0.1, 0.15) is 48.4 Å². The fourth-order valence-electron chi connectivity index (χ4n) is 5.19. The highest BCUT2D eigenvalue weighted by atomic mass is 19.4. The predicted octanol–water partition coefficient (Wildman–Crippen LogP) is 5.43. The minimum Gasteiger partial charge on any atom is -0.494 e. The van der Waals surface area contributed by atoms with E-state index in [0.29, 0.717) is 35.4 Å². The number of fused-ring (bicyclic) bond motifs is 5. The highest BCUT2D eigenvalue weighted by Gasteiger charge is 2.61. The Hall–Kier alpha value is -4.22. The molecule has 1 aromatic carbocycles. The third-order valence-electron chi connectivity index (χ3n) is 6.82. The van der Waals surface area contributed by atoms with Crippen molar-refractivity contribution < 1.29 is 32.9 Å². The Kier molecular flexibility index (Phi) is 5.16. The summed E-state index contributed by atoms with van der Waals surface area (Å²) in [5, 5.41) is 31.1. The van der Waals surface area contributed by atoms with Crippen molar-refractivity contribution >= 4 is 5.69 Å². The Bertz CT molecular complexity index is 1450. The molecule has 184 valence electrons. The molecular formula is C25H19F3N4O4. The average molecular weight is 496 g/mol. The topological polar surface area (TPSA) is 105 Å². The molecule has 0 radical (unpaired) electrons. The fourth-order valence-corrected chi connectivity index (χ4v) is 5.19. The van der Waals surface area contributed by atoms with Gasteiger partial charge in [0.25, 0.3) is 0 Å². The lowest BCUT2D eigenvalue weighted by molar-refractivity contribution is -0.136. The molecule has 1 fully saturated rings. The van der Waals surface area contributed by atoms with Crippen molar-refractivity contribution in [1.29, 1.82) is 5.26 Å². The largest absolute Gasteiger partial charge is 0.494 e. The molecule has 2 unspecified atom stereocenters. The second kappa shape index (κ2) is 7.90. The molecule has 36 heavy (non-hydrogen) atoms. The van der Waals surface area contributed by atoms with Crippen molar-refractivity contribution in [3.63, 3.8) is 0 Å². The van der Waals surface area contributed by atoms with E-state index in [1.165, 1.54) is 12.3 Å². The number of benzene rings is 1. The molecule has 0 amide bonds. The first-order chi connectivity index (χ1) is 17.0. The van der Waals surface area contributed by atoms with Crippen molar-refractivity contribution in [2.75, 3.05) is 6.61 Å². The molecule has 11 heteroatoms. The van der Waals surface area contributed by atoms with Gasteiger partial charge in [-0.2, -0.15) is 18.4 Å². The molecule has 0 saturated carbocycles. The maximum absolute atomic E-state index is 13.5. The highest BCUT2D eigenvalue weighted by Crippen LogP contribution is 2.65. The summed E-state index contributed by atoms with van der Waals surface area (Å²) in [6.07, 6.45) is -2.11. The van der Waals surface area contributed by atoms with Gasteiger partial charge in [-0.15, -0.1) is 0 Å². The third kappa shape index (κ3) is 3.43. The number of pyridine rings is 1. The Morgan fingerprint density at radius 3 is 2.61 bits per heavy atom. The lowest BCUT2D eigenvalue weighted by atomic mass is 9.78. The quantitative estimate of drug-likeness (QED) is 0.457. The fraction of sp³-hybridized carbons (Fsp3) is 0.320. The first kappa shape index (κ1) is 23.5. The minimum atomic E-state index is -4.79. The molecule has 4 heterocycles. The standard InChI is InChI=1S/C25H19F3N4O4/c1-23-7-8-24(36-23,9-10-35-18-6-3-14(12-29)13-31-18)20-19(23)21(33)32(22(20)34)15-4-5-17(30-2)16(11-15)25(26,27)28/h3-6,11,13,33-34H,7-10H2,1H3. The number of aromatic hydroxyl groups is 2. The SMILES string of the molecule is [C-]#[N+]c1ccc(-n2c(O)c3c(c2O)C2(CCOc4ccc(C#N)cn4)CCC3(C)O2)cc1C(F)(F)F. The summed E-state index contributed by atoms with van der Waals surface area (Å²) in [6, 6.07) is 8.08. The second-order valence-corrected chi connectivity index (χ2v) is 8.97. The average Bonchev–Trinajstić information content (AvgIpc) is 3.43. The van der Waals surface area contributed by atoms with Gasteiger partial charge in [0.2, 0.25) is 17.6 Å². The van der Waals surface area contributed by atoms with Gasteiger partial charge in [0.1, 0.15) is 11.7 Å².